The van der Waals surface area contributed by atoms with Gasteiger partial charge in [0.15, 0.2) is 0 Å². The molecule has 2 N–H and O–H groups in total. The first-order chi connectivity index (χ1) is 16.0. The van der Waals surface area contributed by atoms with E-state index in [0.29, 0.717) is 11.8 Å². The molecule has 5 unspecified atom stereocenters. The Hall–Kier alpha value is -2.90. The summed E-state index contributed by atoms with van der Waals surface area (Å²) in [7, 11) is 1.69. The van der Waals surface area contributed by atoms with Crippen LogP contribution in [0.4, 0.5) is 5.69 Å². The zero-order chi connectivity index (χ0) is 22.7. The number of piperidine rings is 1. The number of nitrogens with zero attached hydrogens (tertiary/aromatic N) is 2. The second-order valence-corrected chi connectivity index (χ2v) is 9.97. The van der Waals surface area contributed by atoms with Crippen LogP contribution in [0.25, 0.3) is 10.9 Å². The van der Waals surface area contributed by atoms with Crippen molar-refractivity contribution in [2.24, 2.45) is 17.8 Å². The van der Waals surface area contributed by atoms with Gasteiger partial charge in [0.05, 0.1) is 18.1 Å². The third kappa shape index (κ3) is 3.60. The molecule has 33 heavy (non-hydrogen) atoms. The highest BCUT2D eigenvalue weighted by Gasteiger charge is 2.47. The highest BCUT2D eigenvalue weighted by molar-refractivity contribution is 5.87. The Morgan fingerprint density at radius 1 is 1.21 bits per heavy atom. The molecule has 3 aromatic rings. The van der Waals surface area contributed by atoms with Crippen LogP contribution in [0.2, 0.25) is 0 Å². The van der Waals surface area contributed by atoms with E-state index in [9.17, 15) is 15.2 Å². The number of non-ortho nitro benzene ring substituents is 1. The van der Waals surface area contributed by atoms with Crippen molar-refractivity contribution in [3.63, 3.8) is 0 Å². The average molecular weight is 448 g/mol. The van der Waals surface area contributed by atoms with Crippen molar-refractivity contribution >= 4 is 16.6 Å². The molecule has 2 aromatic carbocycles. The molecule has 1 saturated carbocycles. The molecule has 1 saturated heterocycles. The Kier molecular flexibility index (Phi) is 4.92. The number of aromatic amines is 1. The number of hydrogen-bond donors (Lipinski definition) is 2. The fraction of sp³-hybridized carbons (Fsp3) is 0.462. The molecule has 1 aliphatic heterocycles. The molecule has 7 nitrogen and oxygen atoms in total. The maximum absolute atomic E-state index is 11.3. The number of aliphatic hydroxyl groups is 1. The van der Waals surface area contributed by atoms with Crippen LogP contribution < -0.4 is 4.74 Å². The number of ether oxygens (including phenoxy) is 1. The smallest absolute Gasteiger partial charge is 0.270 e. The SMILES string of the molecule is COc1cccc(C(C2CC2O)N2CCC3Cc4[nH]c5ccc([N+](=O)[O-])cc5c4CC3C2)c1. The number of hydrogen-bond acceptors (Lipinski definition) is 5. The number of nitrogens with one attached hydrogen (secondary N) is 1. The zero-order valence-electron chi connectivity index (χ0n) is 18.7. The Morgan fingerprint density at radius 3 is 2.82 bits per heavy atom. The molecule has 2 heterocycles. The molecule has 0 amide bonds. The number of rotatable bonds is 5. The lowest BCUT2D eigenvalue weighted by Gasteiger charge is -2.44. The fourth-order valence-corrected chi connectivity index (χ4v) is 6.29. The number of likely N-dealkylation sites (tertiary alicyclic amines) is 1. The maximum atomic E-state index is 11.3. The molecule has 1 aromatic heterocycles. The molecule has 3 aliphatic rings. The molecule has 0 radical (unpaired) electrons. The maximum Gasteiger partial charge on any atom is 0.270 e. The highest BCUT2D eigenvalue weighted by atomic mass is 16.6. The lowest BCUT2D eigenvalue weighted by molar-refractivity contribution is -0.384. The van der Waals surface area contributed by atoms with Gasteiger partial charge in [0, 0.05) is 47.2 Å². The van der Waals surface area contributed by atoms with E-state index in [1.54, 1.807) is 19.2 Å². The van der Waals surface area contributed by atoms with Crippen molar-refractivity contribution in [1.82, 2.24) is 9.88 Å². The first-order valence-corrected chi connectivity index (χ1v) is 11.9. The van der Waals surface area contributed by atoms with E-state index in [4.69, 9.17) is 4.74 Å². The lowest BCUT2D eigenvalue weighted by atomic mass is 9.73. The molecule has 172 valence electrons. The summed E-state index contributed by atoms with van der Waals surface area (Å²) in [6, 6.07) is 13.6. The van der Waals surface area contributed by atoms with Gasteiger partial charge < -0.3 is 14.8 Å². The first-order valence-electron chi connectivity index (χ1n) is 11.9. The van der Waals surface area contributed by atoms with Gasteiger partial charge >= 0.3 is 0 Å². The van der Waals surface area contributed by atoms with E-state index in [2.05, 4.69) is 22.0 Å². The number of nitro groups is 1. The number of aliphatic hydroxyl groups excluding tert-OH is 1. The summed E-state index contributed by atoms with van der Waals surface area (Å²) in [6.45, 7) is 2.00. The van der Waals surface area contributed by atoms with Gasteiger partial charge in [0.25, 0.3) is 5.69 Å². The van der Waals surface area contributed by atoms with Gasteiger partial charge in [0.2, 0.25) is 0 Å². The molecular weight excluding hydrogens is 418 g/mol. The second-order valence-electron chi connectivity index (χ2n) is 9.97. The predicted octanol–water partition coefficient (Wildman–Crippen LogP) is 4.24. The van der Waals surface area contributed by atoms with Crippen molar-refractivity contribution in [3.05, 3.63) is 69.4 Å². The van der Waals surface area contributed by atoms with Crippen molar-refractivity contribution in [3.8, 4) is 5.75 Å². The van der Waals surface area contributed by atoms with Gasteiger partial charge in [-0.25, -0.2) is 0 Å². The van der Waals surface area contributed by atoms with Crippen LogP contribution in [0.1, 0.15) is 35.7 Å². The Bertz CT molecular complexity index is 1220. The summed E-state index contributed by atoms with van der Waals surface area (Å²) < 4.78 is 5.47. The van der Waals surface area contributed by atoms with E-state index >= 15 is 0 Å². The van der Waals surface area contributed by atoms with E-state index in [1.165, 1.54) is 16.8 Å². The van der Waals surface area contributed by atoms with Gasteiger partial charge in [-0.3, -0.25) is 15.0 Å². The molecule has 0 bridgehead atoms. The van der Waals surface area contributed by atoms with Crippen molar-refractivity contribution < 1.29 is 14.8 Å². The number of nitro benzene ring substituents is 1. The van der Waals surface area contributed by atoms with Crippen LogP contribution in [0.3, 0.4) is 0 Å². The number of benzene rings is 2. The summed E-state index contributed by atoms with van der Waals surface area (Å²) in [4.78, 5) is 17.1. The predicted molar refractivity (Wildman–Crippen MR) is 125 cm³/mol. The number of methoxy groups -OCH3 is 1. The molecule has 2 fully saturated rings. The monoisotopic (exact) mass is 447 g/mol. The van der Waals surface area contributed by atoms with Crippen molar-refractivity contribution in [2.75, 3.05) is 20.2 Å². The Morgan fingerprint density at radius 2 is 2.06 bits per heavy atom. The van der Waals surface area contributed by atoms with Gasteiger partial charge in [-0.15, -0.1) is 0 Å². The second kappa shape index (κ2) is 7.85. The largest absolute Gasteiger partial charge is 0.497 e. The number of H-pyrrole nitrogens is 1. The standard InChI is InChI=1S/C26H29N3O4/c1-33-19-4-2-3-16(9-19)26(22-13-25(22)30)28-8-7-15-11-24-20(10-17(15)14-28)21-12-18(29(31)32)5-6-23(21)27-24/h2-6,9,12,15,17,22,25-27,30H,7-8,10-11,13-14H2,1H3. The minimum Gasteiger partial charge on any atom is -0.497 e. The van der Waals surface area contributed by atoms with Gasteiger partial charge in [0.1, 0.15) is 5.75 Å². The zero-order valence-corrected chi connectivity index (χ0v) is 18.7. The fourth-order valence-electron chi connectivity index (χ4n) is 6.29. The third-order valence-corrected chi connectivity index (χ3v) is 8.08. The molecule has 2 aliphatic carbocycles. The van der Waals surface area contributed by atoms with Crippen LogP contribution in [0.5, 0.6) is 5.75 Å². The summed E-state index contributed by atoms with van der Waals surface area (Å²) in [6.07, 6.45) is 3.69. The van der Waals surface area contributed by atoms with Crippen molar-refractivity contribution in [2.45, 2.75) is 37.8 Å². The average Bonchev–Trinajstić information content (AvgIpc) is 3.43. The topological polar surface area (TPSA) is 91.6 Å². The third-order valence-electron chi connectivity index (χ3n) is 8.08. The summed E-state index contributed by atoms with van der Waals surface area (Å²) >= 11 is 0. The normalized spacial score (nSPS) is 27.6. The van der Waals surface area contributed by atoms with E-state index in [-0.39, 0.29) is 28.7 Å². The van der Waals surface area contributed by atoms with Gasteiger partial charge in [-0.05, 0) is 73.4 Å². The van der Waals surface area contributed by atoms with Gasteiger partial charge in [-0.2, -0.15) is 0 Å². The Labute approximate surface area is 192 Å². The molecule has 5 atom stereocenters. The molecule has 7 heteroatoms. The first kappa shape index (κ1) is 20.7. The summed E-state index contributed by atoms with van der Waals surface area (Å²) in [5.74, 6) is 2.24. The Balaban J connectivity index is 1.29. The van der Waals surface area contributed by atoms with E-state index in [0.717, 1.165) is 55.4 Å². The number of fused-ring (bicyclic) bond motifs is 4. The van der Waals surface area contributed by atoms with Crippen LogP contribution in [0, 0.1) is 27.9 Å². The van der Waals surface area contributed by atoms with Gasteiger partial charge in [-0.1, -0.05) is 12.1 Å². The summed E-state index contributed by atoms with van der Waals surface area (Å²) in [5, 5.41) is 22.6. The quantitative estimate of drug-likeness (QED) is 0.451. The molecule has 0 spiro atoms. The number of aromatic nitrogens is 1. The lowest BCUT2D eigenvalue weighted by Crippen LogP contribution is -2.46. The van der Waals surface area contributed by atoms with Crippen LogP contribution in [-0.2, 0) is 12.8 Å². The highest BCUT2D eigenvalue weighted by Crippen LogP contribution is 2.48. The van der Waals surface area contributed by atoms with Crippen molar-refractivity contribution in [1.29, 1.82) is 0 Å². The minimum atomic E-state index is -0.313. The van der Waals surface area contributed by atoms with Crippen LogP contribution in [0.15, 0.2) is 42.5 Å². The molecular formula is C26H29N3O4. The van der Waals surface area contributed by atoms with E-state index < -0.39 is 0 Å². The molecule has 6 rings (SSSR count). The summed E-state index contributed by atoms with van der Waals surface area (Å²) in [5.41, 5.74) is 4.87. The minimum absolute atomic E-state index is 0.150. The van der Waals surface area contributed by atoms with Crippen LogP contribution >= 0.6 is 0 Å². The van der Waals surface area contributed by atoms with E-state index in [1.807, 2.05) is 18.2 Å². The van der Waals surface area contributed by atoms with Crippen LogP contribution in [-0.4, -0.2) is 46.2 Å².